The molecule has 4 heteroatoms. The van der Waals surface area contributed by atoms with Crippen LogP contribution in [0.4, 0.5) is 0 Å². The van der Waals surface area contributed by atoms with Crippen LogP contribution in [0.1, 0.15) is 40.0 Å². The van der Waals surface area contributed by atoms with Crippen LogP contribution in [0.15, 0.2) is 0 Å². The molecule has 2 atom stereocenters. The van der Waals surface area contributed by atoms with Gasteiger partial charge in [0.2, 0.25) is 10.0 Å². The number of hydrogen-bond donors (Lipinski definition) is 0. The highest BCUT2D eigenvalue weighted by Gasteiger charge is 2.29. The first-order valence-electron chi connectivity index (χ1n) is 5.93. The zero-order chi connectivity index (χ0) is 11.5. The SMILES string of the molecule is CCCCS(=O)(=O)N1C[C@H](C)C[C@H](C)C1. The molecule has 0 unspecified atom stereocenters. The van der Waals surface area contributed by atoms with Gasteiger partial charge in [0.1, 0.15) is 0 Å². The molecule has 3 nitrogen and oxygen atoms in total. The third kappa shape index (κ3) is 3.76. The van der Waals surface area contributed by atoms with Gasteiger partial charge in [0.05, 0.1) is 5.75 Å². The Morgan fingerprint density at radius 3 is 2.20 bits per heavy atom. The summed E-state index contributed by atoms with van der Waals surface area (Å²) >= 11 is 0. The van der Waals surface area contributed by atoms with Gasteiger partial charge in [-0.3, -0.25) is 0 Å². The van der Waals surface area contributed by atoms with Crippen molar-refractivity contribution in [1.29, 1.82) is 0 Å². The molecule has 1 aliphatic heterocycles. The highest BCUT2D eigenvalue weighted by atomic mass is 32.2. The van der Waals surface area contributed by atoms with Gasteiger partial charge in [0.15, 0.2) is 0 Å². The minimum atomic E-state index is -2.98. The van der Waals surface area contributed by atoms with E-state index < -0.39 is 10.0 Å². The van der Waals surface area contributed by atoms with E-state index in [4.69, 9.17) is 0 Å². The van der Waals surface area contributed by atoms with Crippen LogP contribution in [0.25, 0.3) is 0 Å². The molecule has 1 heterocycles. The number of piperidine rings is 1. The quantitative estimate of drug-likeness (QED) is 0.745. The van der Waals surface area contributed by atoms with Gasteiger partial charge in [0, 0.05) is 13.1 Å². The molecular weight excluding hydrogens is 210 g/mol. The highest BCUT2D eigenvalue weighted by molar-refractivity contribution is 7.89. The van der Waals surface area contributed by atoms with Crippen molar-refractivity contribution in [2.24, 2.45) is 11.8 Å². The second kappa shape index (κ2) is 5.30. The van der Waals surface area contributed by atoms with Crippen LogP contribution in [0.5, 0.6) is 0 Å². The van der Waals surface area contributed by atoms with Crippen molar-refractivity contribution in [1.82, 2.24) is 4.31 Å². The molecule has 1 rings (SSSR count). The molecule has 0 amide bonds. The second-order valence-electron chi connectivity index (χ2n) is 4.93. The molecule has 1 fully saturated rings. The molecule has 0 saturated carbocycles. The third-order valence-corrected chi connectivity index (χ3v) is 4.87. The van der Waals surface area contributed by atoms with Crippen molar-refractivity contribution >= 4 is 10.0 Å². The van der Waals surface area contributed by atoms with E-state index in [0.717, 1.165) is 32.4 Å². The molecule has 0 N–H and O–H groups in total. The van der Waals surface area contributed by atoms with E-state index in [-0.39, 0.29) is 0 Å². The van der Waals surface area contributed by atoms with E-state index in [1.54, 1.807) is 4.31 Å². The van der Waals surface area contributed by atoms with Crippen LogP contribution in [0.3, 0.4) is 0 Å². The summed E-state index contributed by atoms with van der Waals surface area (Å²) in [4.78, 5) is 0. The number of rotatable bonds is 4. The number of nitrogens with zero attached hydrogens (tertiary/aromatic N) is 1. The molecule has 0 aliphatic carbocycles. The van der Waals surface area contributed by atoms with Gasteiger partial charge in [-0.05, 0) is 24.7 Å². The lowest BCUT2D eigenvalue weighted by atomic mass is 9.94. The average molecular weight is 233 g/mol. The first-order chi connectivity index (χ1) is 6.95. The Morgan fingerprint density at radius 1 is 1.20 bits per heavy atom. The predicted octanol–water partition coefficient (Wildman–Crippen LogP) is 2.09. The summed E-state index contributed by atoms with van der Waals surface area (Å²) in [6, 6.07) is 0. The molecule has 0 aromatic carbocycles. The minimum Gasteiger partial charge on any atom is -0.212 e. The molecule has 0 radical (unpaired) electrons. The van der Waals surface area contributed by atoms with E-state index in [0.29, 0.717) is 17.6 Å². The Bertz CT molecular complexity index is 277. The zero-order valence-electron chi connectivity index (χ0n) is 10.1. The summed E-state index contributed by atoms with van der Waals surface area (Å²) in [6.45, 7) is 7.74. The lowest BCUT2D eigenvalue weighted by molar-refractivity contribution is 0.222. The minimum absolute atomic E-state index is 0.322. The molecule has 1 saturated heterocycles. The maximum absolute atomic E-state index is 12.0. The van der Waals surface area contributed by atoms with Crippen LogP contribution >= 0.6 is 0 Å². The van der Waals surface area contributed by atoms with E-state index in [1.807, 2.05) is 6.92 Å². The Morgan fingerprint density at radius 2 is 1.73 bits per heavy atom. The molecule has 90 valence electrons. The predicted molar refractivity (Wildman–Crippen MR) is 63.2 cm³/mol. The van der Waals surface area contributed by atoms with Crippen LogP contribution in [-0.4, -0.2) is 31.6 Å². The summed E-state index contributed by atoms with van der Waals surface area (Å²) in [5.74, 6) is 1.33. The van der Waals surface area contributed by atoms with Crippen LogP contribution < -0.4 is 0 Å². The standard InChI is InChI=1S/C11H23NO2S/c1-4-5-6-15(13,14)12-8-10(2)7-11(3)9-12/h10-11H,4-9H2,1-3H3/t10-,11+. The third-order valence-electron chi connectivity index (χ3n) is 2.98. The first kappa shape index (κ1) is 13.0. The van der Waals surface area contributed by atoms with E-state index in [9.17, 15) is 8.42 Å². The maximum Gasteiger partial charge on any atom is 0.214 e. The topological polar surface area (TPSA) is 37.4 Å². The smallest absolute Gasteiger partial charge is 0.212 e. The highest BCUT2D eigenvalue weighted by Crippen LogP contribution is 2.23. The monoisotopic (exact) mass is 233 g/mol. The van der Waals surface area contributed by atoms with Gasteiger partial charge in [-0.1, -0.05) is 27.2 Å². The van der Waals surface area contributed by atoms with Crippen molar-refractivity contribution in [3.05, 3.63) is 0 Å². The second-order valence-corrected chi connectivity index (χ2v) is 7.02. The Kier molecular flexibility index (Phi) is 4.59. The fraction of sp³-hybridized carbons (Fsp3) is 1.00. The summed E-state index contributed by atoms with van der Waals surface area (Å²) in [6.07, 6.45) is 2.87. The van der Waals surface area contributed by atoms with Gasteiger partial charge in [-0.15, -0.1) is 0 Å². The molecule has 0 spiro atoms. The van der Waals surface area contributed by atoms with Crippen molar-refractivity contribution in [3.63, 3.8) is 0 Å². The fourth-order valence-corrected chi connectivity index (χ4v) is 4.16. The lowest BCUT2D eigenvalue weighted by Crippen LogP contribution is -2.43. The molecular formula is C11H23NO2S. The van der Waals surface area contributed by atoms with Gasteiger partial charge in [-0.2, -0.15) is 0 Å². The molecule has 0 aromatic heterocycles. The van der Waals surface area contributed by atoms with Crippen molar-refractivity contribution in [3.8, 4) is 0 Å². The zero-order valence-corrected chi connectivity index (χ0v) is 10.9. The molecule has 15 heavy (non-hydrogen) atoms. The van der Waals surface area contributed by atoms with Crippen LogP contribution in [-0.2, 0) is 10.0 Å². The van der Waals surface area contributed by atoms with E-state index in [2.05, 4.69) is 13.8 Å². The Balaban J connectivity index is 2.61. The summed E-state index contributed by atoms with van der Waals surface area (Å²) in [5.41, 5.74) is 0. The lowest BCUT2D eigenvalue weighted by Gasteiger charge is -2.34. The Hall–Kier alpha value is -0.0900. The van der Waals surface area contributed by atoms with E-state index in [1.165, 1.54) is 0 Å². The van der Waals surface area contributed by atoms with Gasteiger partial charge in [0.25, 0.3) is 0 Å². The van der Waals surface area contributed by atoms with Crippen LogP contribution in [0, 0.1) is 11.8 Å². The van der Waals surface area contributed by atoms with E-state index >= 15 is 0 Å². The van der Waals surface area contributed by atoms with Crippen molar-refractivity contribution in [2.45, 2.75) is 40.0 Å². The number of sulfonamides is 1. The van der Waals surface area contributed by atoms with Crippen LogP contribution in [0.2, 0.25) is 0 Å². The summed E-state index contributed by atoms with van der Waals surface area (Å²) < 4.78 is 25.6. The molecule has 1 aliphatic rings. The number of hydrogen-bond acceptors (Lipinski definition) is 2. The maximum atomic E-state index is 12.0. The van der Waals surface area contributed by atoms with Gasteiger partial charge >= 0.3 is 0 Å². The fourth-order valence-electron chi connectivity index (χ4n) is 2.29. The van der Waals surface area contributed by atoms with Crippen molar-refractivity contribution < 1.29 is 8.42 Å². The largest absolute Gasteiger partial charge is 0.214 e. The van der Waals surface area contributed by atoms with Crippen molar-refractivity contribution in [2.75, 3.05) is 18.8 Å². The van der Waals surface area contributed by atoms with Gasteiger partial charge in [-0.25, -0.2) is 12.7 Å². The Labute approximate surface area is 93.9 Å². The first-order valence-corrected chi connectivity index (χ1v) is 7.54. The van der Waals surface area contributed by atoms with Gasteiger partial charge < -0.3 is 0 Å². The molecule has 0 aromatic rings. The average Bonchev–Trinajstić information content (AvgIpc) is 2.13. The number of unbranched alkanes of at least 4 members (excludes halogenated alkanes) is 1. The normalized spacial score (nSPS) is 29.3. The summed E-state index contributed by atoms with van der Waals surface area (Å²) in [5, 5.41) is 0. The molecule has 0 bridgehead atoms. The summed E-state index contributed by atoms with van der Waals surface area (Å²) in [7, 11) is -2.98.